The van der Waals surface area contributed by atoms with Crippen LogP contribution in [0.4, 0.5) is 0 Å². The van der Waals surface area contributed by atoms with Gasteiger partial charge in [-0.15, -0.1) is 0 Å². The number of aryl methyl sites for hydroxylation is 3. The third-order valence-corrected chi connectivity index (χ3v) is 2.46. The molecule has 0 unspecified atom stereocenters. The fraction of sp³-hybridized carbons (Fsp3) is 0.364. The Morgan fingerprint density at radius 3 is 2.94 bits per heavy atom. The van der Waals surface area contributed by atoms with Crippen molar-refractivity contribution < 1.29 is 9.90 Å². The molecule has 84 valence electrons. The molecular weight excluding hydrogens is 206 g/mol. The molecule has 0 aliphatic rings. The number of carboxylic acids is 1. The first kappa shape index (κ1) is 10.6. The molecule has 5 heteroatoms. The molecule has 0 aromatic carbocycles. The van der Waals surface area contributed by atoms with E-state index in [1.165, 1.54) is 0 Å². The Bertz CT molecular complexity index is 545. The quantitative estimate of drug-likeness (QED) is 0.846. The highest BCUT2D eigenvalue weighted by Crippen LogP contribution is 2.11. The van der Waals surface area contributed by atoms with Crippen molar-refractivity contribution in [2.24, 2.45) is 0 Å². The number of aliphatic carboxylic acids is 1. The Kier molecular flexibility index (Phi) is 2.60. The predicted octanol–water partition coefficient (Wildman–Crippen LogP) is 1.36. The number of carboxylic acid groups (broad SMARTS) is 1. The van der Waals surface area contributed by atoms with Crippen molar-refractivity contribution in [3.05, 3.63) is 29.3 Å². The summed E-state index contributed by atoms with van der Waals surface area (Å²) in [4.78, 5) is 19.0. The first-order valence-electron chi connectivity index (χ1n) is 5.10. The van der Waals surface area contributed by atoms with E-state index >= 15 is 0 Å². The van der Waals surface area contributed by atoms with Crippen LogP contribution in [0.3, 0.4) is 0 Å². The lowest BCUT2D eigenvalue weighted by molar-refractivity contribution is -0.136. The number of aromatic nitrogens is 3. The molecule has 2 aromatic heterocycles. The van der Waals surface area contributed by atoms with E-state index in [1.807, 2.05) is 24.3 Å². The third-order valence-electron chi connectivity index (χ3n) is 2.46. The van der Waals surface area contributed by atoms with E-state index in [0.29, 0.717) is 12.2 Å². The maximum atomic E-state index is 10.5. The normalized spacial score (nSPS) is 10.9. The van der Waals surface area contributed by atoms with Crippen molar-refractivity contribution >= 4 is 11.7 Å². The Morgan fingerprint density at radius 1 is 1.50 bits per heavy atom. The van der Waals surface area contributed by atoms with Gasteiger partial charge < -0.3 is 5.11 Å². The molecule has 5 nitrogen and oxygen atoms in total. The van der Waals surface area contributed by atoms with E-state index in [1.54, 1.807) is 6.20 Å². The van der Waals surface area contributed by atoms with Crippen molar-refractivity contribution in [2.45, 2.75) is 26.7 Å². The second-order valence-corrected chi connectivity index (χ2v) is 3.82. The van der Waals surface area contributed by atoms with Crippen LogP contribution in [0.2, 0.25) is 0 Å². The first-order valence-corrected chi connectivity index (χ1v) is 5.10. The number of hydrogen-bond acceptors (Lipinski definition) is 3. The molecule has 0 amide bonds. The molecule has 2 heterocycles. The molecule has 0 aliphatic carbocycles. The molecule has 2 rings (SSSR count). The standard InChI is InChI=1S/C11H13N3O2/c1-7-5-8(2)14-9(3-4-10(15)16)6-12-11(14)13-7/h5-6H,3-4H2,1-2H3,(H,15,16). The van der Waals surface area contributed by atoms with Gasteiger partial charge >= 0.3 is 5.97 Å². The summed E-state index contributed by atoms with van der Waals surface area (Å²) >= 11 is 0. The summed E-state index contributed by atoms with van der Waals surface area (Å²) in [5, 5.41) is 8.65. The molecule has 0 saturated heterocycles. The Hall–Kier alpha value is -1.91. The second kappa shape index (κ2) is 3.92. The van der Waals surface area contributed by atoms with Crippen molar-refractivity contribution in [3.8, 4) is 0 Å². The van der Waals surface area contributed by atoms with E-state index < -0.39 is 5.97 Å². The van der Waals surface area contributed by atoms with Crippen LogP contribution in [-0.2, 0) is 11.2 Å². The molecule has 0 spiro atoms. The van der Waals surface area contributed by atoms with Crippen LogP contribution >= 0.6 is 0 Å². The van der Waals surface area contributed by atoms with Gasteiger partial charge in [-0.2, -0.15) is 0 Å². The van der Waals surface area contributed by atoms with Gasteiger partial charge in [-0.1, -0.05) is 0 Å². The van der Waals surface area contributed by atoms with E-state index in [2.05, 4.69) is 9.97 Å². The molecule has 0 saturated carbocycles. The molecule has 0 radical (unpaired) electrons. The van der Waals surface area contributed by atoms with Crippen molar-refractivity contribution in [1.29, 1.82) is 0 Å². The van der Waals surface area contributed by atoms with Crippen LogP contribution in [-0.4, -0.2) is 25.4 Å². The highest BCUT2D eigenvalue weighted by Gasteiger charge is 2.08. The Morgan fingerprint density at radius 2 is 2.25 bits per heavy atom. The van der Waals surface area contributed by atoms with Gasteiger partial charge in [0.05, 0.1) is 12.6 Å². The van der Waals surface area contributed by atoms with Crippen LogP contribution < -0.4 is 0 Å². The maximum absolute atomic E-state index is 10.5. The highest BCUT2D eigenvalue weighted by atomic mass is 16.4. The molecular formula is C11H13N3O2. The van der Waals surface area contributed by atoms with Gasteiger partial charge in [-0.05, 0) is 19.9 Å². The largest absolute Gasteiger partial charge is 0.481 e. The number of carbonyl (C=O) groups is 1. The van der Waals surface area contributed by atoms with E-state index in [-0.39, 0.29) is 6.42 Å². The van der Waals surface area contributed by atoms with Crippen LogP contribution in [0.1, 0.15) is 23.5 Å². The SMILES string of the molecule is Cc1cc(C)n2c(CCC(=O)O)cnc2n1. The van der Waals surface area contributed by atoms with Crippen LogP contribution in [0.15, 0.2) is 12.3 Å². The topological polar surface area (TPSA) is 67.5 Å². The zero-order valence-corrected chi connectivity index (χ0v) is 9.27. The van der Waals surface area contributed by atoms with E-state index in [0.717, 1.165) is 17.1 Å². The van der Waals surface area contributed by atoms with Gasteiger partial charge in [0, 0.05) is 23.5 Å². The molecule has 2 aromatic rings. The van der Waals surface area contributed by atoms with Crippen molar-refractivity contribution in [3.63, 3.8) is 0 Å². The average Bonchev–Trinajstić information content (AvgIpc) is 2.57. The van der Waals surface area contributed by atoms with Crippen LogP contribution in [0, 0.1) is 13.8 Å². The predicted molar refractivity (Wildman–Crippen MR) is 58.4 cm³/mol. The molecule has 0 aliphatic heterocycles. The molecule has 0 bridgehead atoms. The minimum absolute atomic E-state index is 0.112. The minimum Gasteiger partial charge on any atom is -0.481 e. The van der Waals surface area contributed by atoms with Gasteiger partial charge in [-0.3, -0.25) is 9.20 Å². The molecule has 1 N–H and O–H groups in total. The lowest BCUT2D eigenvalue weighted by Crippen LogP contribution is -2.03. The fourth-order valence-electron chi connectivity index (χ4n) is 1.81. The monoisotopic (exact) mass is 219 g/mol. The second-order valence-electron chi connectivity index (χ2n) is 3.82. The van der Waals surface area contributed by atoms with E-state index in [9.17, 15) is 4.79 Å². The summed E-state index contributed by atoms with van der Waals surface area (Å²) in [5.74, 6) is -0.162. The van der Waals surface area contributed by atoms with Gasteiger partial charge in [0.15, 0.2) is 0 Å². The van der Waals surface area contributed by atoms with Gasteiger partial charge in [0.25, 0.3) is 0 Å². The zero-order chi connectivity index (χ0) is 11.7. The Balaban J connectivity index is 2.43. The highest BCUT2D eigenvalue weighted by molar-refractivity contribution is 5.67. The third kappa shape index (κ3) is 1.88. The molecule has 0 fully saturated rings. The van der Waals surface area contributed by atoms with Gasteiger partial charge in [0.2, 0.25) is 5.78 Å². The number of fused-ring (bicyclic) bond motifs is 1. The Labute approximate surface area is 92.8 Å². The summed E-state index contributed by atoms with van der Waals surface area (Å²) in [6.07, 6.45) is 2.28. The fourth-order valence-corrected chi connectivity index (χ4v) is 1.81. The average molecular weight is 219 g/mol. The molecule has 16 heavy (non-hydrogen) atoms. The van der Waals surface area contributed by atoms with Crippen molar-refractivity contribution in [1.82, 2.24) is 14.4 Å². The van der Waals surface area contributed by atoms with Crippen molar-refractivity contribution in [2.75, 3.05) is 0 Å². The lowest BCUT2D eigenvalue weighted by atomic mass is 10.2. The van der Waals surface area contributed by atoms with Gasteiger partial charge in [0.1, 0.15) is 0 Å². The number of rotatable bonds is 3. The summed E-state index contributed by atoms with van der Waals surface area (Å²) in [6, 6.07) is 1.96. The lowest BCUT2D eigenvalue weighted by Gasteiger charge is -2.04. The van der Waals surface area contributed by atoms with E-state index in [4.69, 9.17) is 5.11 Å². The van der Waals surface area contributed by atoms with Crippen LogP contribution in [0.5, 0.6) is 0 Å². The summed E-state index contributed by atoms with van der Waals surface area (Å²) in [7, 11) is 0. The summed E-state index contributed by atoms with van der Waals surface area (Å²) in [5.41, 5.74) is 2.84. The minimum atomic E-state index is -0.798. The van der Waals surface area contributed by atoms with Gasteiger partial charge in [-0.25, -0.2) is 9.97 Å². The summed E-state index contributed by atoms with van der Waals surface area (Å²) < 4.78 is 1.90. The summed E-state index contributed by atoms with van der Waals surface area (Å²) in [6.45, 7) is 3.88. The number of hydrogen-bond donors (Lipinski definition) is 1. The smallest absolute Gasteiger partial charge is 0.303 e. The maximum Gasteiger partial charge on any atom is 0.303 e. The zero-order valence-electron chi connectivity index (χ0n) is 9.27. The first-order chi connectivity index (χ1) is 7.58. The number of imidazole rings is 1. The number of nitrogens with zero attached hydrogens (tertiary/aromatic N) is 3. The molecule has 0 atom stereocenters. The van der Waals surface area contributed by atoms with Crippen LogP contribution in [0.25, 0.3) is 5.78 Å².